The second kappa shape index (κ2) is 7.33. The van der Waals surface area contributed by atoms with Gasteiger partial charge in [-0.3, -0.25) is 4.79 Å². The third-order valence-electron chi connectivity index (χ3n) is 4.45. The third kappa shape index (κ3) is 3.72. The number of aromatic carboxylic acids is 1. The van der Waals surface area contributed by atoms with Crippen molar-refractivity contribution in [3.63, 3.8) is 0 Å². The Bertz CT molecular complexity index is 783. The number of carbonyl (C=O) groups is 2. The molecule has 0 unspecified atom stereocenters. The van der Waals surface area contributed by atoms with Gasteiger partial charge in [-0.25, -0.2) is 9.18 Å². The van der Waals surface area contributed by atoms with E-state index in [1.165, 1.54) is 18.2 Å². The molecular formula is C18H18FNO4S. The van der Waals surface area contributed by atoms with Crippen LogP contribution in [0, 0.1) is 5.82 Å². The van der Waals surface area contributed by atoms with Gasteiger partial charge < -0.3 is 15.2 Å². The normalized spacial score (nSPS) is 16.4. The molecule has 0 atom stereocenters. The lowest BCUT2D eigenvalue weighted by Gasteiger charge is -2.36. The van der Waals surface area contributed by atoms with E-state index in [0.717, 1.165) is 16.2 Å². The molecule has 3 rings (SSSR count). The predicted molar refractivity (Wildman–Crippen MR) is 91.3 cm³/mol. The van der Waals surface area contributed by atoms with E-state index < -0.39 is 11.4 Å². The Hall–Kier alpha value is -2.25. The summed E-state index contributed by atoms with van der Waals surface area (Å²) in [6.07, 6.45) is 0.959. The summed E-state index contributed by atoms with van der Waals surface area (Å²) in [5.41, 5.74) is -0.182. The average molecular weight is 363 g/mol. The summed E-state index contributed by atoms with van der Waals surface area (Å²) in [6.45, 7) is 1.12. The van der Waals surface area contributed by atoms with Crippen molar-refractivity contribution in [1.82, 2.24) is 5.32 Å². The van der Waals surface area contributed by atoms with Gasteiger partial charge >= 0.3 is 5.97 Å². The Labute approximate surface area is 148 Å². The smallest absolute Gasteiger partial charge is 0.345 e. The van der Waals surface area contributed by atoms with Crippen LogP contribution in [0.4, 0.5) is 4.39 Å². The first-order valence-corrected chi connectivity index (χ1v) is 8.77. The SMILES string of the molecule is O=C(O)c1ccc(CNC(=O)C2(c3cccc(F)c3)CCOCC2)s1. The highest BCUT2D eigenvalue weighted by atomic mass is 32.1. The number of benzene rings is 1. The van der Waals surface area contributed by atoms with E-state index in [9.17, 15) is 14.0 Å². The molecule has 2 aromatic rings. The van der Waals surface area contributed by atoms with Crippen molar-refractivity contribution in [2.75, 3.05) is 13.2 Å². The number of ether oxygens (including phenoxy) is 1. The summed E-state index contributed by atoms with van der Waals surface area (Å²) >= 11 is 1.13. The van der Waals surface area contributed by atoms with E-state index in [1.807, 2.05) is 0 Å². The first-order valence-electron chi connectivity index (χ1n) is 7.95. The minimum atomic E-state index is -0.983. The van der Waals surface area contributed by atoms with Crippen LogP contribution in [0.3, 0.4) is 0 Å². The lowest BCUT2D eigenvalue weighted by Crippen LogP contribution is -2.47. The first kappa shape index (κ1) is 17.6. The van der Waals surface area contributed by atoms with E-state index in [2.05, 4.69) is 5.32 Å². The van der Waals surface area contributed by atoms with Gasteiger partial charge in [0.2, 0.25) is 5.91 Å². The fraction of sp³-hybridized carbons (Fsp3) is 0.333. The summed E-state index contributed by atoms with van der Waals surface area (Å²) in [5.74, 6) is -1.55. The van der Waals surface area contributed by atoms with Crippen molar-refractivity contribution in [2.45, 2.75) is 24.8 Å². The quantitative estimate of drug-likeness (QED) is 0.856. The highest BCUT2D eigenvalue weighted by Crippen LogP contribution is 2.35. The minimum absolute atomic E-state index is 0.188. The van der Waals surface area contributed by atoms with Crippen LogP contribution >= 0.6 is 11.3 Å². The summed E-state index contributed by atoms with van der Waals surface area (Å²) in [5, 5.41) is 11.8. The Morgan fingerprint density at radius 1 is 1.24 bits per heavy atom. The molecule has 0 spiro atoms. The maximum Gasteiger partial charge on any atom is 0.345 e. The van der Waals surface area contributed by atoms with Gasteiger partial charge in [-0.05, 0) is 42.7 Å². The van der Waals surface area contributed by atoms with Gasteiger partial charge in [-0.2, -0.15) is 0 Å². The summed E-state index contributed by atoms with van der Waals surface area (Å²) < 4.78 is 19.1. The number of nitrogens with one attached hydrogen (secondary N) is 1. The monoisotopic (exact) mass is 363 g/mol. The average Bonchev–Trinajstić information content (AvgIpc) is 3.09. The van der Waals surface area contributed by atoms with Crippen LogP contribution in [0.2, 0.25) is 0 Å². The molecule has 5 nitrogen and oxygen atoms in total. The van der Waals surface area contributed by atoms with Crippen LogP contribution in [0.5, 0.6) is 0 Å². The maximum absolute atomic E-state index is 13.7. The number of hydrogen-bond acceptors (Lipinski definition) is 4. The molecule has 1 aliphatic heterocycles. The molecule has 7 heteroatoms. The molecule has 2 N–H and O–H groups in total. The van der Waals surface area contributed by atoms with Crippen LogP contribution in [-0.4, -0.2) is 30.2 Å². The second-order valence-electron chi connectivity index (χ2n) is 5.96. The highest BCUT2D eigenvalue weighted by Gasteiger charge is 2.41. The molecule has 1 amide bonds. The second-order valence-corrected chi connectivity index (χ2v) is 7.13. The number of thiophene rings is 1. The van der Waals surface area contributed by atoms with Crippen LogP contribution in [-0.2, 0) is 21.5 Å². The van der Waals surface area contributed by atoms with Gasteiger partial charge in [0.25, 0.3) is 0 Å². The zero-order valence-electron chi connectivity index (χ0n) is 13.5. The van der Waals surface area contributed by atoms with Gasteiger partial charge in [-0.1, -0.05) is 12.1 Å². The van der Waals surface area contributed by atoms with E-state index in [4.69, 9.17) is 9.84 Å². The third-order valence-corrected chi connectivity index (χ3v) is 5.53. The molecule has 0 aliphatic carbocycles. The van der Waals surface area contributed by atoms with Crippen molar-refractivity contribution >= 4 is 23.2 Å². The fourth-order valence-electron chi connectivity index (χ4n) is 3.08. The van der Waals surface area contributed by atoms with E-state index in [0.29, 0.717) is 31.6 Å². The fourth-order valence-corrected chi connectivity index (χ4v) is 3.86. The minimum Gasteiger partial charge on any atom is -0.477 e. The van der Waals surface area contributed by atoms with Crippen LogP contribution in [0.25, 0.3) is 0 Å². The van der Waals surface area contributed by atoms with Crippen LogP contribution in [0.15, 0.2) is 36.4 Å². The van der Waals surface area contributed by atoms with Crippen molar-refractivity contribution in [2.24, 2.45) is 0 Å². The van der Waals surface area contributed by atoms with Crippen LogP contribution < -0.4 is 5.32 Å². The molecule has 0 bridgehead atoms. The molecule has 1 saturated heterocycles. The highest BCUT2D eigenvalue weighted by molar-refractivity contribution is 7.13. The van der Waals surface area contributed by atoms with Gasteiger partial charge in [0, 0.05) is 18.1 Å². The maximum atomic E-state index is 13.7. The number of carboxylic acid groups (broad SMARTS) is 1. The lowest BCUT2D eigenvalue weighted by atomic mass is 9.73. The molecule has 1 aliphatic rings. The Balaban J connectivity index is 1.78. The standard InChI is InChI=1S/C18H18FNO4S/c19-13-3-1-2-12(10-13)18(6-8-24-9-7-18)17(23)20-11-14-4-5-15(25-14)16(21)22/h1-5,10H,6-9,11H2,(H,20,23)(H,21,22). The number of carboxylic acids is 1. The number of carbonyl (C=O) groups excluding carboxylic acids is 1. The van der Waals surface area contributed by atoms with Crippen molar-refractivity contribution in [3.8, 4) is 0 Å². The van der Waals surface area contributed by atoms with Gasteiger partial charge in [0.05, 0.1) is 12.0 Å². The van der Waals surface area contributed by atoms with E-state index >= 15 is 0 Å². The Morgan fingerprint density at radius 3 is 2.64 bits per heavy atom. The molecular weight excluding hydrogens is 345 g/mol. The van der Waals surface area contributed by atoms with E-state index in [1.54, 1.807) is 18.2 Å². The largest absolute Gasteiger partial charge is 0.477 e. The van der Waals surface area contributed by atoms with Crippen molar-refractivity contribution < 1.29 is 23.8 Å². The van der Waals surface area contributed by atoms with Crippen LogP contribution in [0.1, 0.15) is 33.0 Å². The number of halogens is 1. The zero-order chi connectivity index (χ0) is 17.9. The molecule has 132 valence electrons. The topological polar surface area (TPSA) is 75.6 Å². The summed E-state index contributed by atoms with van der Waals surface area (Å²) in [4.78, 5) is 24.9. The summed E-state index contributed by atoms with van der Waals surface area (Å²) in [7, 11) is 0. The molecule has 1 aromatic heterocycles. The van der Waals surface area contributed by atoms with Crippen molar-refractivity contribution in [1.29, 1.82) is 0 Å². The molecule has 0 radical (unpaired) electrons. The van der Waals surface area contributed by atoms with Gasteiger partial charge in [-0.15, -0.1) is 11.3 Å². The summed E-state index contributed by atoms with van der Waals surface area (Å²) in [6, 6.07) is 9.33. The number of rotatable bonds is 5. The molecule has 25 heavy (non-hydrogen) atoms. The number of amides is 1. The number of hydrogen-bond donors (Lipinski definition) is 2. The Morgan fingerprint density at radius 2 is 2.00 bits per heavy atom. The first-order chi connectivity index (χ1) is 12.0. The molecule has 1 fully saturated rings. The molecule has 0 saturated carbocycles. The molecule has 2 heterocycles. The molecule has 1 aromatic carbocycles. The predicted octanol–water partition coefficient (Wildman–Crippen LogP) is 2.95. The lowest BCUT2D eigenvalue weighted by molar-refractivity contribution is -0.130. The van der Waals surface area contributed by atoms with Gasteiger partial charge in [0.1, 0.15) is 10.7 Å². The van der Waals surface area contributed by atoms with Crippen molar-refractivity contribution in [3.05, 3.63) is 57.5 Å². The van der Waals surface area contributed by atoms with E-state index in [-0.39, 0.29) is 23.1 Å². The van der Waals surface area contributed by atoms with Gasteiger partial charge in [0.15, 0.2) is 0 Å². The Kier molecular flexibility index (Phi) is 5.15. The zero-order valence-corrected chi connectivity index (χ0v) is 14.3.